The second-order valence-electron chi connectivity index (χ2n) is 5.39. The number of aliphatic imine (C=N–C) groups is 1. The Morgan fingerprint density at radius 3 is 2.64 bits per heavy atom. The van der Waals surface area contributed by atoms with Crippen LogP contribution in [0.2, 0.25) is 0 Å². The molecule has 1 amide bonds. The highest BCUT2D eigenvalue weighted by molar-refractivity contribution is 8.03. The number of primary amides is 1. The number of hydrogen-bond donors (Lipinski definition) is 4. The molecule has 0 bridgehead atoms. The van der Waals surface area contributed by atoms with Crippen LogP contribution in [0.25, 0.3) is 0 Å². The Kier molecular flexibility index (Phi) is 9.84. The van der Waals surface area contributed by atoms with Crippen LogP contribution in [0.15, 0.2) is 58.4 Å². The first kappa shape index (κ1) is 22.7. The van der Waals surface area contributed by atoms with Crippen LogP contribution in [0, 0.1) is 6.92 Å². The van der Waals surface area contributed by atoms with Crippen LogP contribution < -0.4 is 22.1 Å². The Labute approximate surface area is 168 Å². The molecule has 1 aromatic carbocycles. The van der Waals surface area contributed by atoms with Gasteiger partial charge >= 0.3 is 0 Å². The van der Waals surface area contributed by atoms with E-state index in [4.69, 9.17) is 11.5 Å². The first-order valence-electron chi connectivity index (χ1n) is 8.19. The molecule has 0 aliphatic rings. The van der Waals surface area contributed by atoms with Crippen LogP contribution in [0.4, 0.5) is 11.4 Å². The molecule has 8 nitrogen and oxygen atoms in total. The average molecular weight is 401 g/mol. The number of anilines is 2. The van der Waals surface area contributed by atoms with Crippen molar-refractivity contribution in [2.24, 2.45) is 10.7 Å². The van der Waals surface area contributed by atoms with Gasteiger partial charge in [0.05, 0.1) is 11.6 Å². The van der Waals surface area contributed by atoms with Crippen LogP contribution in [0.5, 0.6) is 0 Å². The van der Waals surface area contributed by atoms with E-state index in [9.17, 15) is 9.59 Å². The summed E-state index contributed by atoms with van der Waals surface area (Å²) in [6.45, 7) is 5.23. The molecule has 148 valence electrons. The lowest BCUT2D eigenvalue weighted by molar-refractivity contribution is -0.114. The van der Waals surface area contributed by atoms with Gasteiger partial charge in [0.1, 0.15) is 11.3 Å². The van der Waals surface area contributed by atoms with E-state index in [2.05, 4.69) is 27.3 Å². The molecular formula is C19H24N6O2S. The fourth-order valence-corrected chi connectivity index (χ4v) is 2.74. The molecule has 0 spiro atoms. The highest BCUT2D eigenvalue weighted by atomic mass is 32.2. The number of nitrogen functional groups attached to an aromatic ring is 1. The van der Waals surface area contributed by atoms with E-state index in [0.717, 1.165) is 17.5 Å². The number of nitrogens with two attached hydrogens (primary N) is 2. The van der Waals surface area contributed by atoms with Gasteiger partial charge in [-0.25, -0.2) is 0 Å². The Bertz CT molecular complexity index is 840. The molecule has 0 saturated carbocycles. The van der Waals surface area contributed by atoms with Gasteiger partial charge in [0.25, 0.3) is 5.91 Å². The smallest absolute Gasteiger partial charge is 0.269 e. The molecule has 1 aromatic heterocycles. The monoisotopic (exact) mass is 400 g/mol. The fourth-order valence-electron chi connectivity index (χ4n) is 1.91. The number of aldehydes is 1. The minimum atomic E-state index is -0.608. The van der Waals surface area contributed by atoms with Crippen molar-refractivity contribution >= 4 is 42.0 Å². The number of hydrogen-bond acceptors (Lipinski definition) is 8. The van der Waals surface area contributed by atoms with E-state index in [1.165, 1.54) is 11.8 Å². The molecule has 2 rings (SSSR count). The normalized spacial score (nSPS) is 10.6. The van der Waals surface area contributed by atoms with Crippen LogP contribution in [-0.2, 0) is 4.79 Å². The number of nitrogens with one attached hydrogen (secondary N) is 2. The van der Waals surface area contributed by atoms with Crippen molar-refractivity contribution < 1.29 is 9.59 Å². The van der Waals surface area contributed by atoms with E-state index in [0.29, 0.717) is 22.2 Å². The van der Waals surface area contributed by atoms with E-state index in [-0.39, 0.29) is 5.70 Å². The summed E-state index contributed by atoms with van der Waals surface area (Å²) in [4.78, 5) is 28.9. The molecule has 6 N–H and O–H groups in total. The average Bonchev–Trinajstić information content (AvgIpc) is 2.70. The molecular weight excluding hydrogens is 376 g/mol. The molecule has 0 fully saturated rings. The summed E-state index contributed by atoms with van der Waals surface area (Å²) in [6.07, 6.45) is 4.20. The number of benzene rings is 1. The van der Waals surface area contributed by atoms with Gasteiger partial charge in [-0.2, -0.15) is 0 Å². The van der Waals surface area contributed by atoms with Gasteiger partial charge in [0, 0.05) is 30.7 Å². The maximum absolute atomic E-state index is 11.1. The molecule has 0 aliphatic carbocycles. The fraction of sp³-hybridized carbons (Fsp3) is 0.158. The zero-order chi connectivity index (χ0) is 20.9. The standard InChI is InChI=1S/C11H15N5OS.C8H9NO/c1-13-9(10(12)17)11(14-2)18-7-16-8-4-3-5-15-6-8;1-6-2-3-7(5-10)4-8(6)9/h3-6,14,16H,1,7H2,2H3,(H2,12,17);2-5H,9H2,1H3/b11-9-;. The number of amides is 1. The summed E-state index contributed by atoms with van der Waals surface area (Å²) in [5, 5.41) is 6.59. The summed E-state index contributed by atoms with van der Waals surface area (Å²) >= 11 is 1.37. The van der Waals surface area contributed by atoms with Crippen molar-refractivity contribution in [2.75, 3.05) is 24.0 Å². The Hall–Kier alpha value is -3.33. The number of aryl methyl sites for hydroxylation is 1. The number of rotatable bonds is 8. The van der Waals surface area contributed by atoms with Gasteiger partial charge in [0.15, 0.2) is 5.70 Å². The summed E-state index contributed by atoms with van der Waals surface area (Å²) in [5.74, 6) is -0.0584. The third-order valence-corrected chi connectivity index (χ3v) is 4.40. The van der Waals surface area contributed by atoms with Gasteiger partial charge in [-0.1, -0.05) is 23.9 Å². The Morgan fingerprint density at radius 2 is 2.14 bits per heavy atom. The van der Waals surface area contributed by atoms with Crippen LogP contribution >= 0.6 is 11.8 Å². The number of carbonyl (C=O) groups excluding carboxylic acids is 2. The first-order valence-corrected chi connectivity index (χ1v) is 9.18. The van der Waals surface area contributed by atoms with E-state index in [1.54, 1.807) is 31.6 Å². The lowest BCUT2D eigenvalue weighted by Crippen LogP contribution is -2.19. The Morgan fingerprint density at radius 1 is 1.39 bits per heavy atom. The minimum Gasteiger partial charge on any atom is -0.398 e. The molecule has 0 unspecified atom stereocenters. The van der Waals surface area contributed by atoms with Gasteiger partial charge in [0.2, 0.25) is 0 Å². The maximum Gasteiger partial charge on any atom is 0.269 e. The van der Waals surface area contributed by atoms with E-state index >= 15 is 0 Å². The zero-order valence-electron chi connectivity index (χ0n) is 15.8. The van der Waals surface area contributed by atoms with Crippen LogP contribution in [0.1, 0.15) is 15.9 Å². The quantitative estimate of drug-likeness (QED) is 0.175. The van der Waals surface area contributed by atoms with Gasteiger partial charge in [-0.3, -0.25) is 19.6 Å². The largest absolute Gasteiger partial charge is 0.398 e. The summed E-state index contributed by atoms with van der Waals surface area (Å²) in [5.41, 5.74) is 14.1. The van der Waals surface area contributed by atoms with Crippen molar-refractivity contribution in [1.29, 1.82) is 0 Å². The summed E-state index contributed by atoms with van der Waals surface area (Å²) in [7, 11) is 1.69. The van der Waals surface area contributed by atoms with Gasteiger partial charge < -0.3 is 22.1 Å². The summed E-state index contributed by atoms with van der Waals surface area (Å²) in [6, 6.07) is 8.99. The predicted molar refractivity (Wildman–Crippen MR) is 116 cm³/mol. The number of aromatic nitrogens is 1. The first-order chi connectivity index (χ1) is 13.4. The summed E-state index contributed by atoms with van der Waals surface area (Å²) < 4.78 is 0. The zero-order valence-corrected chi connectivity index (χ0v) is 16.6. The maximum atomic E-state index is 11.1. The van der Waals surface area contributed by atoms with Crippen molar-refractivity contribution in [2.45, 2.75) is 6.92 Å². The predicted octanol–water partition coefficient (Wildman–Crippen LogP) is 2.15. The van der Waals surface area contributed by atoms with Crippen molar-refractivity contribution in [3.05, 3.63) is 64.6 Å². The van der Waals surface area contributed by atoms with Crippen molar-refractivity contribution in [3.8, 4) is 0 Å². The van der Waals surface area contributed by atoms with Crippen LogP contribution in [0.3, 0.4) is 0 Å². The topological polar surface area (TPSA) is 135 Å². The molecule has 0 aliphatic heterocycles. The highest BCUT2D eigenvalue weighted by Gasteiger charge is 2.10. The van der Waals surface area contributed by atoms with E-state index < -0.39 is 5.91 Å². The molecule has 28 heavy (non-hydrogen) atoms. The van der Waals surface area contributed by atoms with Crippen molar-refractivity contribution in [3.63, 3.8) is 0 Å². The molecule has 0 radical (unpaired) electrons. The number of carbonyl (C=O) groups is 2. The second-order valence-corrected chi connectivity index (χ2v) is 6.38. The third kappa shape index (κ3) is 7.50. The molecule has 0 atom stereocenters. The number of thioether (sulfide) groups is 1. The molecule has 9 heteroatoms. The lowest BCUT2D eigenvalue weighted by atomic mass is 10.1. The molecule has 2 aromatic rings. The SMILES string of the molecule is C=N/C(C(N)=O)=C(/NC)SCNc1cccnc1.Cc1ccc(C=O)cc1N. The number of nitrogens with zero attached hydrogens (tertiary/aromatic N) is 2. The van der Waals surface area contributed by atoms with Crippen LogP contribution in [-0.4, -0.2) is 36.8 Å². The number of pyridine rings is 1. The van der Waals surface area contributed by atoms with E-state index in [1.807, 2.05) is 25.1 Å². The van der Waals surface area contributed by atoms with Gasteiger partial charge in [-0.05, 0) is 37.4 Å². The molecule has 0 saturated heterocycles. The van der Waals surface area contributed by atoms with Gasteiger partial charge in [-0.15, -0.1) is 0 Å². The Balaban J connectivity index is 0.000000330. The minimum absolute atomic E-state index is 0.135. The lowest BCUT2D eigenvalue weighted by Gasteiger charge is -2.10. The van der Waals surface area contributed by atoms with Crippen molar-refractivity contribution in [1.82, 2.24) is 10.3 Å². The highest BCUT2D eigenvalue weighted by Crippen LogP contribution is 2.18. The second kappa shape index (κ2) is 12.1. The molecule has 1 heterocycles. The third-order valence-electron chi connectivity index (χ3n) is 3.43.